The topological polar surface area (TPSA) is 44.4 Å². The summed E-state index contributed by atoms with van der Waals surface area (Å²) in [7, 11) is 1.61. The van der Waals surface area contributed by atoms with E-state index in [0.29, 0.717) is 24.7 Å². The summed E-state index contributed by atoms with van der Waals surface area (Å²) in [6, 6.07) is 5.56. The predicted octanol–water partition coefficient (Wildman–Crippen LogP) is 1.65. The molecule has 4 nitrogen and oxygen atoms in total. The number of benzene rings is 1. The Morgan fingerprint density at radius 3 is 2.80 bits per heavy atom. The van der Waals surface area contributed by atoms with Crippen LogP contribution in [0.15, 0.2) is 18.2 Å². The van der Waals surface area contributed by atoms with Gasteiger partial charge >= 0.3 is 0 Å². The highest BCUT2D eigenvalue weighted by atomic mass is 19.1. The van der Waals surface area contributed by atoms with Crippen LogP contribution in [0.2, 0.25) is 0 Å². The summed E-state index contributed by atoms with van der Waals surface area (Å²) in [5.74, 6) is -0.289. The van der Waals surface area contributed by atoms with Gasteiger partial charge in [-0.2, -0.15) is 0 Å². The molecule has 0 saturated heterocycles. The number of carbonyl (C=O) groups excluding carboxylic acids is 1. The van der Waals surface area contributed by atoms with Crippen LogP contribution >= 0.6 is 0 Å². The Morgan fingerprint density at radius 2 is 2.20 bits per heavy atom. The normalized spacial score (nSPS) is 14.2. The molecule has 2 rings (SSSR count). The molecule has 0 unspecified atom stereocenters. The van der Waals surface area contributed by atoms with Crippen molar-refractivity contribution in [2.75, 3.05) is 25.0 Å². The van der Waals surface area contributed by atoms with Crippen LogP contribution in [0.5, 0.6) is 0 Å². The average Bonchev–Trinajstić information content (AvgIpc) is 3.27. The van der Waals surface area contributed by atoms with Crippen molar-refractivity contribution in [3.05, 3.63) is 29.6 Å². The van der Waals surface area contributed by atoms with Gasteiger partial charge in [-0.25, -0.2) is 4.39 Å². The van der Waals surface area contributed by atoms with Gasteiger partial charge in [-0.1, -0.05) is 6.07 Å². The summed E-state index contributed by atoms with van der Waals surface area (Å²) in [4.78, 5) is 13.5. The van der Waals surface area contributed by atoms with Crippen LogP contribution in [0, 0.1) is 5.82 Å². The van der Waals surface area contributed by atoms with Crippen molar-refractivity contribution < 1.29 is 9.18 Å². The molecule has 110 valence electrons. The van der Waals surface area contributed by atoms with E-state index in [4.69, 9.17) is 0 Å². The number of amides is 1. The highest BCUT2D eigenvalue weighted by Gasteiger charge is 2.22. The number of rotatable bonds is 7. The maximum atomic E-state index is 14.1. The van der Waals surface area contributed by atoms with Crippen LogP contribution in [0.4, 0.5) is 10.1 Å². The standard InChI is InChI=1S/C15H22FN3O/c1-3-19(10-15(20)17-2)14-6-4-5-13(16)12(14)9-18-11-7-8-11/h4-6,11,18H,3,7-10H2,1-2H3,(H,17,20). The zero-order chi connectivity index (χ0) is 14.5. The first-order chi connectivity index (χ1) is 9.65. The molecule has 1 amide bonds. The van der Waals surface area contributed by atoms with Gasteiger partial charge in [-0.15, -0.1) is 0 Å². The fourth-order valence-corrected chi connectivity index (χ4v) is 2.17. The number of anilines is 1. The van der Waals surface area contributed by atoms with E-state index in [1.165, 1.54) is 18.9 Å². The number of likely N-dealkylation sites (N-methyl/N-ethyl adjacent to an activating group) is 2. The lowest BCUT2D eigenvalue weighted by Crippen LogP contribution is -2.36. The number of nitrogens with zero attached hydrogens (tertiary/aromatic N) is 1. The maximum Gasteiger partial charge on any atom is 0.239 e. The van der Waals surface area contributed by atoms with Crippen molar-refractivity contribution in [3.8, 4) is 0 Å². The minimum atomic E-state index is -0.217. The first kappa shape index (κ1) is 14.8. The van der Waals surface area contributed by atoms with Crippen molar-refractivity contribution >= 4 is 11.6 Å². The summed E-state index contributed by atoms with van der Waals surface area (Å²) in [5.41, 5.74) is 1.44. The van der Waals surface area contributed by atoms with Crippen molar-refractivity contribution in [3.63, 3.8) is 0 Å². The smallest absolute Gasteiger partial charge is 0.239 e. The van der Waals surface area contributed by atoms with Gasteiger partial charge in [0, 0.05) is 37.4 Å². The lowest BCUT2D eigenvalue weighted by atomic mass is 10.1. The molecule has 0 bridgehead atoms. The molecule has 0 aromatic heterocycles. The average molecular weight is 279 g/mol. The van der Waals surface area contributed by atoms with Crippen LogP contribution in [0.1, 0.15) is 25.3 Å². The Morgan fingerprint density at radius 1 is 1.45 bits per heavy atom. The minimum Gasteiger partial charge on any atom is -0.362 e. The molecule has 20 heavy (non-hydrogen) atoms. The molecule has 0 spiro atoms. The molecule has 5 heteroatoms. The largest absolute Gasteiger partial charge is 0.362 e. The Bertz CT molecular complexity index is 474. The molecule has 2 N–H and O–H groups in total. The van der Waals surface area contributed by atoms with Gasteiger partial charge in [0.05, 0.1) is 6.54 Å². The van der Waals surface area contributed by atoms with Gasteiger partial charge < -0.3 is 15.5 Å². The van der Waals surface area contributed by atoms with E-state index in [1.807, 2.05) is 17.9 Å². The van der Waals surface area contributed by atoms with Gasteiger partial charge in [0.25, 0.3) is 0 Å². The SMILES string of the molecule is CCN(CC(=O)NC)c1cccc(F)c1CNC1CC1. The molecule has 0 radical (unpaired) electrons. The predicted molar refractivity (Wildman–Crippen MR) is 78.2 cm³/mol. The quantitative estimate of drug-likeness (QED) is 0.797. The van der Waals surface area contributed by atoms with Gasteiger partial charge in [0.1, 0.15) is 5.82 Å². The Labute approximate surface area is 119 Å². The third-order valence-electron chi connectivity index (χ3n) is 3.57. The third kappa shape index (κ3) is 3.70. The van der Waals surface area contributed by atoms with Crippen LogP contribution in [-0.4, -0.2) is 32.1 Å². The van der Waals surface area contributed by atoms with Crippen LogP contribution in [-0.2, 0) is 11.3 Å². The van der Waals surface area contributed by atoms with Crippen molar-refractivity contribution in [2.24, 2.45) is 0 Å². The number of hydrogen-bond acceptors (Lipinski definition) is 3. The van der Waals surface area contributed by atoms with Crippen LogP contribution in [0.25, 0.3) is 0 Å². The summed E-state index contributed by atoms with van der Waals surface area (Å²) >= 11 is 0. The second-order valence-electron chi connectivity index (χ2n) is 5.08. The highest BCUT2D eigenvalue weighted by molar-refractivity contribution is 5.81. The number of hydrogen-bond donors (Lipinski definition) is 2. The van der Waals surface area contributed by atoms with E-state index in [1.54, 1.807) is 13.1 Å². The first-order valence-corrected chi connectivity index (χ1v) is 7.12. The Hall–Kier alpha value is -1.62. The lowest BCUT2D eigenvalue weighted by Gasteiger charge is -2.25. The lowest BCUT2D eigenvalue weighted by molar-refractivity contribution is -0.119. The zero-order valence-corrected chi connectivity index (χ0v) is 12.1. The van der Waals surface area contributed by atoms with Crippen molar-refractivity contribution in [1.29, 1.82) is 0 Å². The summed E-state index contributed by atoms with van der Waals surface area (Å²) in [6.07, 6.45) is 2.33. The molecule has 1 aromatic rings. The number of carbonyl (C=O) groups is 1. The second-order valence-corrected chi connectivity index (χ2v) is 5.08. The van der Waals surface area contributed by atoms with E-state index in [-0.39, 0.29) is 18.3 Å². The molecule has 0 aliphatic heterocycles. The van der Waals surface area contributed by atoms with E-state index >= 15 is 0 Å². The molecular formula is C15H22FN3O. The zero-order valence-electron chi connectivity index (χ0n) is 12.1. The molecule has 0 heterocycles. The minimum absolute atomic E-state index is 0.0720. The maximum absolute atomic E-state index is 14.1. The monoisotopic (exact) mass is 279 g/mol. The van der Waals surface area contributed by atoms with E-state index in [0.717, 1.165) is 5.69 Å². The fraction of sp³-hybridized carbons (Fsp3) is 0.533. The number of nitrogens with one attached hydrogen (secondary N) is 2. The molecule has 1 aliphatic carbocycles. The highest BCUT2D eigenvalue weighted by Crippen LogP contribution is 2.25. The Kier molecular flexibility index (Phi) is 4.95. The van der Waals surface area contributed by atoms with Gasteiger partial charge in [-0.3, -0.25) is 4.79 Å². The van der Waals surface area contributed by atoms with Crippen molar-refractivity contribution in [1.82, 2.24) is 10.6 Å². The molecule has 1 aliphatic rings. The Balaban J connectivity index is 2.18. The van der Waals surface area contributed by atoms with E-state index in [2.05, 4.69) is 10.6 Å². The van der Waals surface area contributed by atoms with Gasteiger partial charge in [0.15, 0.2) is 0 Å². The summed E-state index contributed by atoms with van der Waals surface area (Å²) in [5, 5.41) is 5.94. The first-order valence-electron chi connectivity index (χ1n) is 7.12. The molecule has 0 atom stereocenters. The van der Waals surface area contributed by atoms with Gasteiger partial charge in [0.2, 0.25) is 5.91 Å². The van der Waals surface area contributed by atoms with Crippen molar-refractivity contribution in [2.45, 2.75) is 32.4 Å². The molecule has 1 aromatic carbocycles. The summed E-state index contributed by atoms with van der Waals surface area (Å²) in [6.45, 7) is 3.38. The van der Waals surface area contributed by atoms with Gasteiger partial charge in [-0.05, 0) is 31.9 Å². The van der Waals surface area contributed by atoms with E-state index < -0.39 is 0 Å². The van der Waals surface area contributed by atoms with Crippen LogP contribution < -0.4 is 15.5 Å². The fourth-order valence-electron chi connectivity index (χ4n) is 2.17. The molecule has 1 fully saturated rings. The second kappa shape index (κ2) is 6.70. The third-order valence-corrected chi connectivity index (χ3v) is 3.57. The summed E-state index contributed by atoms with van der Waals surface area (Å²) < 4.78 is 14.1. The van der Waals surface area contributed by atoms with Crippen LogP contribution in [0.3, 0.4) is 0 Å². The van der Waals surface area contributed by atoms with E-state index in [9.17, 15) is 9.18 Å². The molecular weight excluding hydrogens is 257 g/mol. The number of halogens is 1. The molecule has 1 saturated carbocycles.